The maximum Gasteiger partial charge on any atom is 0.244 e. The molecule has 0 saturated heterocycles. The Bertz CT molecular complexity index is 1110. The number of nitrogens with zero attached hydrogens (tertiary/aromatic N) is 5. The van der Waals surface area contributed by atoms with E-state index in [0.717, 1.165) is 0 Å². The molecule has 0 saturated carbocycles. The maximum atomic E-state index is 11.2. The largest absolute Gasteiger partial charge is 0.492 e. The van der Waals surface area contributed by atoms with Crippen LogP contribution in [0.15, 0.2) is 69.7 Å². The molecule has 0 aliphatic rings. The van der Waals surface area contributed by atoms with Gasteiger partial charge in [-0.05, 0) is 36.4 Å². The van der Waals surface area contributed by atoms with E-state index < -0.39 is 10.0 Å². The van der Waals surface area contributed by atoms with Crippen molar-refractivity contribution in [3.8, 4) is 17.6 Å². The van der Waals surface area contributed by atoms with Crippen LogP contribution in [0, 0.1) is 11.3 Å². The van der Waals surface area contributed by atoms with E-state index in [-0.39, 0.29) is 22.2 Å². The second-order valence-corrected chi connectivity index (χ2v) is 6.68. The Kier molecular flexibility index (Phi) is 4.49. The molecule has 0 aliphatic heterocycles. The smallest absolute Gasteiger partial charge is 0.244 e. The fourth-order valence-electron chi connectivity index (χ4n) is 2.13. The van der Waals surface area contributed by atoms with Gasteiger partial charge in [0.1, 0.15) is 6.07 Å². The molecule has 0 spiro atoms. The Morgan fingerprint density at radius 2 is 1.73 bits per heavy atom. The van der Waals surface area contributed by atoms with Crippen LogP contribution < -0.4 is 5.14 Å². The third kappa shape index (κ3) is 3.44. The number of aromatic hydroxyl groups is 1. The van der Waals surface area contributed by atoms with Crippen molar-refractivity contribution < 1.29 is 13.5 Å². The molecule has 0 unspecified atom stereocenters. The summed E-state index contributed by atoms with van der Waals surface area (Å²) in [5, 5.41) is 36.3. The first-order valence-corrected chi connectivity index (χ1v) is 8.77. The van der Waals surface area contributed by atoms with E-state index in [1.807, 2.05) is 6.07 Å². The molecule has 3 N–H and O–H groups in total. The van der Waals surface area contributed by atoms with Gasteiger partial charge in [-0.15, -0.1) is 5.11 Å². The van der Waals surface area contributed by atoms with Crippen LogP contribution in [0.1, 0.15) is 5.69 Å². The topological polar surface area (TPSA) is 147 Å². The summed E-state index contributed by atoms with van der Waals surface area (Å²) in [6, 6.07) is 15.9. The van der Waals surface area contributed by atoms with Gasteiger partial charge in [0.05, 0.1) is 16.3 Å². The lowest BCUT2D eigenvalue weighted by Crippen LogP contribution is -2.11. The fraction of sp³-hybridized carbons (Fsp3) is 0. The van der Waals surface area contributed by atoms with E-state index in [9.17, 15) is 18.8 Å². The molecule has 0 bridgehead atoms. The number of primary sulfonamides is 1. The van der Waals surface area contributed by atoms with Gasteiger partial charge in [-0.1, -0.05) is 18.2 Å². The predicted octanol–water partition coefficient (Wildman–Crippen LogP) is 2.51. The SMILES string of the molecule is N#Cc1nn(-c2ccccc2)c(O)c1/N=N/c1ccc(S(N)(=O)=O)cc1. The molecule has 0 fully saturated rings. The second kappa shape index (κ2) is 6.75. The number of benzene rings is 2. The van der Waals surface area contributed by atoms with Gasteiger partial charge in [0.15, 0.2) is 11.4 Å². The van der Waals surface area contributed by atoms with Crippen LogP contribution in [-0.2, 0) is 10.0 Å². The van der Waals surface area contributed by atoms with Gasteiger partial charge in [0.25, 0.3) is 0 Å². The number of para-hydroxylation sites is 1. The number of rotatable bonds is 4. The predicted molar refractivity (Wildman–Crippen MR) is 91.9 cm³/mol. The molecule has 0 amide bonds. The van der Waals surface area contributed by atoms with Gasteiger partial charge in [-0.25, -0.2) is 13.6 Å². The van der Waals surface area contributed by atoms with Crippen LogP contribution in [-0.4, -0.2) is 23.3 Å². The summed E-state index contributed by atoms with van der Waals surface area (Å²) < 4.78 is 23.6. The Hall–Kier alpha value is -3.55. The molecule has 26 heavy (non-hydrogen) atoms. The molecule has 1 heterocycles. The van der Waals surface area contributed by atoms with E-state index in [1.165, 1.54) is 28.9 Å². The lowest BCUT2D eigenvalue weighted by Gasteiger charge is -2.01. The van der Waals surface area contributed by atoms with Crippen LogP contribution in [0.3, 0.4) is 0 Å². The van der Waals surface area contributed by atoms with Crippen molar-refractivity contribution in [1.29, 1.82) is 5.26 Å². The first-order chi connectivity index (χ1) is 12.4. The van der Waals surface area contributed by atoms with Gasteiger partial charge in [-0.2, -0.15) is 20.2 Å². The lowest BCUT2D eigenvalue weighted by atomic mass is 10.3. The fourth-order valence-corrected chi connectivity index (χ4v) is 2.64. The van der Waals surface area contributed by atoms with Gasteiger partial charge in [-0.3, -0.25) is 0 Å². The Morgan fingerprint density at radius 3 is 2.31 bits per heavy atom. The summed E-state index contributed by atoms with van der Waals surface area (Å²) in [5.41, 5.74) is 0.678. The maximum absolute atomic E-state index is 11.2. The third-order valence-corrected chi connectivity index (χ3v) is 4.30. The van der Waals surface area contributed by atoms with Gasteiger partial charge in [0, 0.05) is 0 Å². The van der Waals surface area contributed by atoms with Crippen molar-refractivity contribution >= 4 is 21.4 Å². The minimum absolute atomic E-state index is 0.0612. The molecule has 0 aliphatic carbocycles. The van der Waals surface area contributed by atoms with Crippen LogP contribution in [0.4, 0.5) is 11.4 Å². The molecule has 9 nitrogen and oxygen atoms in total. The zero-order valence-corrected chi connectivity index (χ0v) is 14.0. The third-order valence-electron chi connectivity index (χ3n) is 3.37. The Labute approximate surface area is 148 Å². The summed E-state index contributed by atoms with van der Waals surface area (Å²) in [4.78, 5) is -0.0612. The normalized spacial score (nSPS) is 11.5. The molecular formula is C16H12N6O3S. The average molecular weight is 368 g/mol. The van der Waals surface area contributed by atoms with Crippen molar-refractivity contribution in [3.05, 3.63) is 60.3 Å². The van der Waals surface area contributed by atoms with Crippen molar-refractivity contribution in [2.45, 2.75) is 4.90 Å². The average Bonchev–Trinajstić information content (AvgIpc) is 2.96. The molecule has 3 aromatic rings. The Morgan fingerprint density at radius 1 is 1.08 bits per heavy atom. The number of hydrogen-bond acceptors (Lipinski definition) is 7. The van der Waals surface area contributed by atoms with E-state index in [0.29, 0.717) is 11.4 Å². The summed E-state index contributed by atoms with van der Waals surface area (Å²) in [6.07, 6.45) is 0. The van der Waals surface area contributed by atoms with Crippen LogP contribution in [0.2, 0.25) is 0 Å². The first-order valence-electron chi connectivity index (χ1n) is 7.22. The minimum Gasteiger partial charge on any atom is -0.492 e. The summed E-state index contributed by atoms with van der Waals surface area (Å²) in [5.74, 6) is -0.336. The highest BCUT2D eigenvalue weighted by Crippen LogP contribution is 2.33. The number of sulfonamides is 1. The standard InChI is InChI=1S/C16H12N6O3S/c17-10-14-15(16(23)22(21-14)12-4-2-1-3-5-12)20-19-11-6-8-13(9-7-11)26(18,24)25/h1-9,23H,(H2,18,24,25)/b20-19+. The van der Waals surface area contributed by atoms with Crippen molar-refractivity contribution in [2.75, 3.05) is 0 Å². The van der Waals surface area contributed by atoms with Gasteiger partial charge >= 0.3 is 0 Å². The van der Waals surface area contributed by atoms with E-state index >= 15 is 0 Å². The molecular weight excluding hydrogens is 356 g/mol. The Balaban J connectivity index is 1.96. The number of azo groups is 1. The molecule has 130 valence electrons. The van der Waals surface area contributed by atoms with Crippen molar-refractivity contribution in [1.82, 2.24) is 9.78 Å². The lowest BCUT2D eigenvalue weighted by molar-refractivity contribution is 0.434. The van der Waals surface area contributed by atoms with E-state index in [1.54, 1.807) is 30.3 Å². The summed E-state index contributed by atoms with van der Waals surface area (Å²) in [6.45, 7) is 0. The van der Waals surface area contributed by atoms with Crippen LogP contribution >= 0.6 is 0 Å². The van der Waals surface area contributed by atoms with Gasteiger partial charge < -0.3 is 5.11 Å². The summed E-state index contributed by atoms with van der Waals surface area (Å²) in [7, 11) is -3.80. The summed E-state index contributed by atoms with van der Waals surface area (Å²) >= 11 is 0. The molecule has 10 heteroatoms. The molecule has 2 aromatic carbocycles. The highest BCUT2D eigenvalue weighted by atomic mass is 32.2. The van der Waals surface area contributed by atoms with E-state index in [4.69, 9.17) is 5.14 Å². The van der Waals surface area contributed by atoms with Crippen molar-refractivity contribution in [3.63, 3.8) is 0 Å². The number of nitrogens with two attached hydrogens (primary N) is 1. The number of nitriles is 1. The molecule has 1 aromatic heterocycles. The van der Waals surface area contributed by atoms with Crippen LogP contribution in [0.5, 0.6) is 5.88 Å². The minimum atomic E-state index is -3.80. The number of aromatic nitrogens is 2. The molecule has 0 atom stereocenters. The first kappa shape index (κ1) is 17.3. The van der Waals surface area contributed by atoms with E-state index in [2.05, 4.69) is 15.3 Å². The highest BCUT2D eigenvalue weighted by molar-refractivity contribution is 7.89. The second-order valence-electron chi connectivity index (χ2n) is 5.12. The number of hydrogen-bond donors (Lipinski definition) is 2. The monoisotopic (exact) mass is 368 g/mol. The quantitative estimate of drug-likeness (QED) is 0.679. The van der Waals surface area contributed by atoms with Crippen LogP contribution in [0.25, 0.3) is 5.69 Å². The zero-order valence-electron chi connectivity index (χ0n) is 13.2. The molecule has 0 radical (unpaired) electrons. The van der Waals surface area contributed by atoms with Crippen molar-refractivity contribution in [2.24, 2.45) is 15.4 Å². The zero-order chi connectivity index (χ0) is 18.7. The highest BCUT2D eigenvalue weighted by Gasteiger charge is 2.18. The molecule has 3 rings (SSSR count). The van der Waals surface area contributed by atoms with Gasteiger partial charge in [0.2, 0.25) is 15.9 Å².